The summed E-state index contributed by atoms with van der Waals surface area (Å²) in [5.41, 5.74) is 1.43. The SMILES string of the molecule is CCNc1cc(C)nc(N2CCN(C(=O)c3cccc(OC)c3OC)CC2)n1. The van der Waals surface area contributed by atoms with Crippen LogP contribution in [0.25, 0.3) is 0 Å². The van der Waals surface area contributed by atoms with Crippen LogP contribution in [0.2, 0.25) is 0 Å². The Bertz CT molecular complexity index is 835. The minimum atomic E-state index is -0.0612. The molecule has 1 aromatic heterocycles. The van der Waals surface area contributed by atoms with E-state index in [-0.39, 0.29) is 5.91 Å². The predicted octanol–water partition coefficient (Wildman–Crippen LogP) is 2.20. The smallest absolute Gasteiger partial charge is 0.257 e. The summed E-state index contributed by atoms with van der Waals surface area (Å²) in [5, 5.41) is 3.23. The number of ether oxygens (including phenoxy) is 2. The molecule has 150 valence electrons. The molecule has 0 unspecified atom stereocenters. The van der Waals surface area contributed by atoms with Gasteiger partial charge in [-0.2, -0.15) is 4.98 Å². The zero-order valence-electron chi connectivity index (χ0n) is 16.9. The molecule has 0 radical (unpaired) electrons. The van der Waals surface area contributed by atoms with Crippen molar-refractivity contribution in [3.63, 3.8) is 0 Å². The van der Waals surface area contributed by atoms with E-state index in [1.54, 1.807) is 32.4 Å². The van der Waals surface area contributed by atoms with Crippen LogP contribution in [0.1, 0.15) is 23.0 Å². The van der Waals surface area contributed by atoms with E-state index in [0.717, 1.165) is 18.1 Å². The van der Waals surface area contributed by atoms with Crippen LogP contribution in [0.4, 0.5) is 11.8 Å². The van der Waals surface area contributed by atoms with Crippen LogP contribution in [0, 0.1) is 6.92 Å². The van der Waals surface area contributed by atoms with Crippen molar-refractivity contribution in [2.45, 2.75) is 13.8 Å². The van der Waals surface area contributed by atoms with Crippen LogP contribution in [-0.4, -0.2) is 67.7 Å². The molecule has 1 N–H and O–H groups in total. The largest absolute Gasteiger partial charge is 0.493 e. The number of nitrogens with one attached hydrogen (secondary N) is 1. The van der Waals surface area contributed by atoms with Crippen molar-refractivity contribution >= 4 is 17.7 Å². The maximum absolute atomic E-state index is 13.0. The first-order chi connectivity index (χ1) is 13.6. The first kappa shape index (κ1) is 19.7. The van der Waals surface area contributed by atoms with Crippen LogP contribution >= 0.6 is 0 Å². The monoisotopic (exact) mass is 385 g/mol. The molecule has 8 heteroatoms. The van der Waals surface area contributed by atoms with Crippen molar-refractivity contribution in [1.82, 2.24) is 14.9 Å². The third kappa shape index (κ3) is 4.11. The van der Waals surface area contributed by atoms with Gasteiger partial charge in [-0.1, -0.05) is 6.07 Å². The quantitative estimate of drug-likeness (QED) is 0.816. The second-order valence-corrected chi connectivity index (χ2v) is 6.55. The van der Waals surface area contributed by atoms with Crippen LogP contribution in [0.5, 0.6) is 11.5 Å². The molecule has 0 bridgehead atoms. The van der Waals surface area contributed by atoms with Crippen molar-refractivity contribution in [2.75, 3.05) is 57.2 Å². The first-order valence-electron chi connectivity index (χ1n) is 9.42. The maximum Gasteiger partial charge on any atom is 0.257 e. The van der Waals surface area contributed by atoms with E-state index in [4.69, 9.17) is 9.47 Å². The molecule has 8 nitrogen and oxygen atoms in total. The maximum atomic E-state index is 13.0. The van der Waals surface area contributed by atoms with Crippen molar-refractivity contribution in [2.24, 2.45) is 0 Å². The molecule has 0 saturated carbocycles. The number of aromatic nitrogens is 2. The van der Waals surface area contributed by atoms with Crippen LogP contribution in [0.15, 0.2) is 24.3 Å². The van der Waals surface area contributed by atoms with Gasteiger partial charge in [0.05, 0.1) is 19.8 Å². The van der Waals surface area contributed by atoms with Gasteiger partial charge < -0.3 is 24.6 Å². The van der Waals surface area contributed by atoms with E-state index in [0.29, 0.717) is 49.2 Å². The molecule has 0 atom stereocenters. The average Bonchev–Trinajstić information content (AvgIpc) is 2.72. The molecule has 0 aliphatic carbocycles. The summed E-state index contributed by atoms with van der Waals surface area (Å²) in [6.45, 7) is 7.33. The van der Waals surface area contributed by atoms with Crippen molar-refractivity contribution < 1.29 is 14.3 Å². The molecule has 1 fully saturated rings. The zero-order valence-corrected chi connectivity index (χ0v) is 16.9. The Morgan fingerprint density at radius 2 is 1.89 bits per heavy atom. The fourth-order valence-electron chi connectivity index (χ4n) is 3.30. The lowest BCUT2D eigenvalue weighted by Crippen LogP contribution is -2.49. The molecule has 1 aliphatic rings. The molecule has 2 heterocycles. The van der Waals surface area contributed by atoms with Gasteiger partial charge in [-0.3, -0.25) is 4.79 Å². The van der Waals surface area contributed by atoms with Crippen molar-refractivity contribution in [1.29, 1.82) is 0 Å². The Balaban J connectivity index is 1.71. The summed E-state index contributed by atoms with van der Waals surface area (Å²) in [4.78, 5) is 26.1. The van der Waals surface area contributed by atoms with Gasteiger partial charge in [0.25, 0.3) is 5.91 Å². The highest BCUT2D eigenvalue weighted by Crippen LogP contribution is 2.31. The van der Waals surface area contributed by atoms with Gasteiger partial charge in [-0.25, -0.2) is 4.98 Å². The van der Waals surface area contributed by atoms with Gasteiger partial charge in [-0.05, 0) is 26.0 Å². The molecule has 1 aromatic carbocycles. The van der Waals surface area contributed by atoms with E-state index >= 15 is 0 Å². The molecule has 2 aromatic rings. The lowest BCUT2D eigenvalue weighted by molar-refractivity contribution is 0.0742. The molecule has 0 spiro atoms. The van der Waals surface area contributed by atoms with Crippen LogP contribution < -0.4 is 19.7 Å². The van der Waals surface area contributed by atoms with Gasteiger partial charge in [0.2, 0.25) is 5.95 Å². The fourth-order valence-corrected chi connectivity index (χ4v) is 3.30. The fraction of sp³-hybridized carbons (Fsp3) is 0.450. The van der Waals surface area contributed by atoms with Crippen LogP contribution in [-0.2, 0) is 0 Å². The van der Waals surface area contributed by atoms with E-state index < -0.39 is 0 Å². The summed E-state index contributed by atoms with van der Waals surface area (Å²) < 4.78 is 10.7. The topological polar surface area (TPSA) is 79.8 Å². The number of hydrogen-bond acceptors (Lipinski definition) is 7. The van der Waals surface area contributed by atoms with Gasteiger partial charge in [0.1, 0.15) is 5.82 Å². The predicted molar refractivity (Wildman–Crippen MR) is 109 cm³/mol. The second kappa shape index (κ2) is 8.77. The average molecular weight is 385 g/mol. The molecule has 3 rings (SSSR count). The molecular weight excluding hydrogens is 358 g/mol. The minimum absolute atomic E-state index is 0.0612. The summed E-state index contributed by atoms with van der Waals surface area (Å²) in [6, 6.07) is 7.28. The number of benzene rings is 1. The lowest BCUT2D eigenvalue weighted by Gasteiger charge is -2.35. The standard InChI is InChI=1S/C20H27N5O3/c1-5-21-17-13-14(2)22-20(23-17)25-11-9-24(10-12-25)19(26)15-7-6-8-16(27-3)18(15)28-4/h6-8,13H,5,9-12H2,1-4H3,(H,21,22,23). The Kier molecular flexibility index (Phi) is 6.18. The van der Waals surface area contributed by atoms with Gasteiger partial charge in [-0.15, -0.1) is 0 Å². The second-order valence-electron chi connectivity index (χ2n) is 6.55. The van der Waals surface area contributed by atoms with E-state index in [2.05, 4.69) is 20.2 Å². The normalized spacial score (nSPS) is 14.0. The van der Waals surface area contributed by atoms with Gasteiger partial charge in [0, 0.05) is 44.5 Å². The third-order valence-corrected chi connectivity index (χ3v) is 4.68. The number of hydrogen-bond donors (Lipinski definition) is 1. The molecule has 1 saturated heterocycles. The van der Waals surface area contributed by atoms with E-state index in [1.165, 1.54) is 0 Å². The summed E-state index contributed by atoms with van der Waals surface area (Å²) >= 11 is 0. The Morgan fingerprint density at radius 3 is 2.54 bits per heavy atom. The molecular formula is C20H27N5O3. The number of rotatable bonds is 6. The third-order valence-electron chi connectivity index (χ3n) is 4.68. The van der Waals surface area contributed by atoms with Crippen LogP contribution in [0.3, 0.4) is 0 Å². The van der Waals surface area contributed by atoms with E-state index in [1.807, 2.05) is 24.8 Å². The number of para-hydroxylation sites is 1. The number of nitrogens with zero attached hydrogens (tertiary/aromatic N) is 4. The first-order valence-corrected chi connectivity index (χ1v) is 9.42. The van der Waals surface area contributed by atoms with Crippen molar-refractivity contribution in [3.05, 3.63) is 35.5 Å². The number of piperazine rings is 1. The lowest BCUT2D eigenvalue weighted by atomic mass is 10.1. The Hall–Kier alpha value is -3.03. The number of methoxy groups -OCH3 is 2. The number of carbonyl (C=O) groups is 1. The number of anilines is 2. The molecule has 1 amide bonds. The van der Waals surface area contributed by atoms with Crippen molar-refractivity contribution in [3.8, 4) is 11.5 Å². The highest BCUT2D eigenvalue weighted by atomic mass is 16.5. The molecule has 28 heavy (non-hydrogen) atoms. The summed E-state index contributed by atoms with van der Waals surface area (Å²) in [6.07, 6.45) is 0. The van der Waals surface area contributed by atoms with Gasteiger partial charge in [0.15, 0.2) is 11.5 Å². The number of carbonyl (C=O) groups excluding carboxylic acids is 1. The zero-order chi connectivity index (χ0) is 20.1. The summed E-state index contributed by atoms with van der Waals surface area (Å²) in [5.74, 6) is 2.48. The highest BCUT2D eigenvalue weighted by Gasteiger charge is 2.26. The summed E-state index contributed by atoms with van der Waals surface area (Å²) in [7, 11) is 3.11. The minimum Gasteiger partial charge on any atom is -0.493 e. The van der Waals surface area contributed by atoms with E-state index in [9.17, 15) is 4.79 Å². The number of aryl methyl sites for hydroxylation is 1. The number of amides is 1. The van der Waals surface area contributed by atoms with Gasteiger partial charge >= 0.3 is 0 Å². The molecule has 1 aliphatic heterocycles. The Morgan fingerprint density at radius 1 is 1.14 bits per heavy atom. The Labute approximate surface area is 165 Å². The highest BCUT2D eigenvalue weighted by molar-refractivity contribution is 5.98.